The first-order valence-electron chi connectivity index (χ1n) is 6.19. The summed E-state index contributed by atoms with van der Waals surface area (Å²) in [5.74, 6) is -0.389. The largest absolute Gasteiger partial charge is 0.370 e. The Hall–Kier alpha value is -1.60. The van der Waals surface area contributed by atoms with Crippen molar-refractivity contribution in [3.8, 4) is 6.07 Å². The van der Waals surface area contributed by atoms with Gasteiger partial charge >= 0.3 is 0 Å². The van der Waals surface area contributed by atoms with Gasteiger partial charge in [0.15, 0.2) is 0 Å². The number of benzene rings is 1. The van der Waals surface area contributed by atoms with Gasteiger partial charge in [0.25, 0.3) is 0 Å². The lowest BCUT2D eigenvalue weighted by atomic mass is 10.0. The first-order chi connectivity index (χ1) is 8.51. The molecule has 0 aliphatic carbocycles. The Labute approximate surface area is 108 Å². The van der Waals surface area contributed by atoms with Gasteiger partial charge in [-0.2, -0.15) is 5.26 Å². The molecule has 0 radical (unpaired) electrons. The number of anilines is 1. The van der Waals surface area contributed by atoms with Crippen molar-refractivity contribution in [2.75, 3.05) is 18.0 Å². The molecule has 0 fully saturated rings. The zero-order valence-electron chi connectivity index (χ0n) is 11.2. The predicted molar refractivity (Wildman–Crippen MR) is 71.7 cm³/mol. The lowest BCUT2D eigenvalue weighted by Crippen LogP contribution is -2.29. The summed E-state index contributed by atoms with van der Waals surface area (Å²) in [5, 5.41) is 8.88. The number of nitrogens with zero attached hydrogens (tertiary/aromatic N) is 2. The summed E-state index contributed by atoms with van der Waals surface area (Å²) < 4.78 is 13.8. The molecule has 2 unspecified atom stereocenters. The molecule has 0 spiro atoms. The van der Waals surface area contributed by atoms with Crippen LogP contribution in [0.15, 0.2) is 18.2 Å². The van der Waals surface area contributed by atoms with Gasteiger partial charge in [0.1, 0.15) is 5.82 Å². The van der Waals surface area contributed by atoms with E-state index in [1.54, 1.807) is 13.0 Å². The molecule has 2 atom stereocenters. The highest BCUT2D eigenvalue weighted by molar-refractivity contribution is 5.55. The van der Waals surface area contributed by atoms with Gasteiger partial charge in [0.05, 0.1) is 12.0 Å². The minimum atomic E-state index is -0.368. The smallest absolute Gasteiger partial charge is 0.130 e. The Bertz CT molecular complexity index is 437. The summed E-state index contributed by atoms with van der Waals surface area (Å²) in [7, 11) is 0. The average Bonchev–Trinajstić information content (AvgIpc) is 2.34. The molecule has 0 aromatic heterocycles. The van der Waals surface area contributed by atoms with Crippen LogP contribution in [0.3, 0.4) is 0 Å². The average molecular weight is 249 g/mol. The van der Waals surface area contributed by atoms with E-state index in [1.807, 2.05) is 24.8 Å². The lowest BCUT2D eigenvalue weighted by Gasteiger charge is -2.28. The molecule has 0 heterocycles. The van der Waals surface area contributed by atoms with Crippen LogP contribution in [0.2, 0.25) is 0 Å². The molecule has 1 rings (SSSR count). The molecule has 3 nitrogen and oxygen atoms in total. The highest BCUT2D eigenvalue weighted by Gasteiger charge is 2.18. The van der Waals surface area contributed by atoms with Crippen LogP contribution < -0.4 is 10.6 Å². The third kappa shape index (κ3) is 3.21. The van der Waals surface area contributed by atoms with E-state index in [0.717, 1.165) is 12.2 Å². The molecular formula is C14H20FN3. The van der Waals surface area contributed by atoms with E-state index < -0.39 is 0 Å². The third-order valence-corrected chi connectivity index (χ3v) is 2.92. The number of nitrogens with two attached hydrogens (primary N) is 1. The van der Waals surface area contributed by atoms with E-state index in [4.69, 9.17) is 11.0 Å². The Morgan fingerprint density at radius 3 is 2.61 bits per heavy atom. The quantitative estimate of drug-likeness (QED) is 0.873. The Morgan fingerprint density at radius 2 is 2.11 bits per heavy atom. The second-order valence-electron chi connectivity index (χ2n) is 4.53. The number of nitriles is 1. The predicted octanol–water partition coefficient (Wildman–Crippen LogP) is 2.83. The number of rotatable bonds is 5. The summed E-state index contributed by atoms with van der Waals surface area (Å²) in [6.45, 7) is 6.91. The van der Waals surface area contributed by atoms with Crippen molar-refractivity contribution >= 4 is 5.69 Å². The fraction of sp³-hybridized carbons (Fsp3) is 0.500. The van der Waals surface area contributed by atoms with Gasteiger partial charge in [-0.05, 0) is 32.9 Å². The number of hydrogen-bond donors (Lipinski definition) is 1. The summed E-state index contributed by atoms with van der Waals surface area (Å²) in [5.41, 5.74) is 7.14. The van der Waals surface area contributed by atoms with Crippen molar-refractivity contribution in [1.29, 1.82) is 5.26 Å². The minimum Gasteiger partial charge on any atom is -0.370 e. The van der Waals surface area contributed by atoms with Crippen LogP contribution in [0.4, 0.5) is 10.1 Å². The first-order valence-corrected chi connectivity index (χ1v) is 6.19. The van der Waals surface area contributed by atoms with E-state index in [1.165, 1.54) is 6.07 Å². The Morgan fingerprint density at radius 1 is 1.44 bits per heavy atom. The van der Waals surface area contributed by atoms with Crippen LogP contribution in [-0.2, 0) is 0 Å². The van der Waals surface area contributed by atoms with Crippen molar-refractivity contribution in [3.05, 3.63) is 29.6 Å². The molecular weight excluding hydrogens is 229 g/mol. The molecule has 0 aliphatic heterocycles. The SMILES string of the molecule is CCN(CC(C)C#N)c1cccc(F)c1C(C)N. The van der Waals surface area contributed by atoms with Gasteiger partial charge in [-0.3, -0.25) is 0 Å². The van der Waals surface area contributed by atoms with Crippen LogP contribution in [0, 0.1) is 23.1 Å². The number of halogens is 1. The normalized spacial score (nSPS) is 13.8. The maximum absolute atomic E-state index is 13.8. The molecule has 0 aliphatic rings. The molecule has 0 saturated carbocycles. The van der Waals surface area contributed by atoms with Gasteiger partial charge in [-0.1, -0.05) is 6.07 Å². The third-order valence-electron chi connectivity index (χ3n) is 2.92. The molecule has 1 aromatic carbocycles. The van der Waals surface area contributed by atoms with E-state index in [-0.39, 0.29) is 17.8 Å². The summed E-state index contributed by atoms with van der Waals surface area (Å²) in [6, 6.07) is 6.78. The molecule has 18 heavy (non-hydrogen) atoms. The van der Waals surface area contributed by atoms with Crippen molar-refractivity contribution in [2.24, 2.45) is 11.7 Å². The van der Waals surface area contributed by atoms with Crippen molar-refractivity contribution in [2.45, 2.75) is 26.8 Å². The molecule has 98 valence electrons. The van der Waals surface area contributed by atoms with Gasteiger partial charge in [-0.25, -0.2) is 4.39 Å². The molecule has 1 aromatic rings. The maximum atomic E-state index is 13.8. The van der Waals surface area contributed by atoms with Crippen LogP contribution in [0.5, 0.6) is 0 Å². The lowest BCUT2D eigenvalue weighted by molar-refractivity contribution is 0.589. The first kappa shape index (κ1) is 14.5. The summed E-state index contributed by atoms with van der Waals surface area (Å²) in [6.07, 6.45) is 0. The van der Waals surface area contributed by atoms with Crippen molar-refractivity contribution < 1.29 is 4.39 Å². The van der Waals surface area contributed by atoms with Crippen LogP contribution in [-0.4, -0.2) is 13.1 Å². The van der Waals surface area contributed by atoms with Crippen LogP contribution >= 0.6 is 0 Å². The Kier molecular flexibility index (Phi) is 5.11. The zero-order valence-corrected chi connectivity index (χ0v) is 11.2. The summed E-state index contributed by atoms with van der Waals surface area (Å²) in [4.78, 5) is 2.00. The van der Waals surface area contributed by atoms with Gasteiger partial charge < -0.3 is 10.6 Å². The van der Waals surface area contributed by atoms with E-state index in [9.17, 15) is 4.39 Å². The molecule has 0 amide bonds. The fourth-order valence-electron chi connectivity index (χ4n) is 2.02. The second-order valence-corrected chi connectivity index (χ2v) is 4.53. The maximum Gasteiger partial charge on any atom is 0.130 e. The topological polar surface area (TPSA) is 53.0 Å². The van der Waals surface area contributed by atoms with E-state index in [0.29, 0.717) is 12.1 Å². The molecule has 4 heteroatoms. The highest BCUT2D eigenvalue weighted by atomic mass is 19.1. The highest BCUT2D eigenvalue weighted by Crippen LogP contribution is 2.28. The molecule has 0 bridgehead atoms. The van der Waals surface area contributed by atoms with Gasteiger partial charge in [0, 0.05) is 30.4 Å². The van der Waals surface area contributed by atoms with Crippen LogP contribution in [0.25, 0.3) is 0 Å². The molecule has 2 N–H and O–H groups in total. The summed E-state index contributed by atoms with van der Waals surface area (Å²) >= 11 is 0. The standard InChI is InChI=1S/C14H20FN3/c1-4-18(9-10(2)8-16)13-7-5-6-12(15)14(13)11(3)17/h5-7,10-11H,4,9,17H2,1-3H3. The van der Waals surface area contributed by atoms with Gasteiger partial charge in [-0.15, -0.1) is 0 Å². The van der Waals surface area contributed by atoms with E-state index in [2.05, 4.69) is 6.07 Å². The Balaban J connectivity index is 3.13. The number of hydrogen-bond acceptors (Lipinski definition) is 3. The van der Waals surface area contributed by atoms with Gasteiger partial charge in [0.2, 0.25) is 0 Å². The minimum absolute atomic E-state index is 0.103. The van der Waals surface area contributed by atoms with Crippen LogP contribution in [0.1, 0.15) is 32.4 Å². The van der Waals surface area contributed by atoms with E-state index >= 15 is 0 Å². The fourth-order valence-corrected chi connectivity index (χ4v) is 2.02. The molecule has 0 saturated heterocycles. The van der Waals surface area contributed by atoms with Crippen molar-refractivity contribution in [1.82, 2.24) is 0 Å². The zero-order chi connectivity index (χ0) is 13.7. The van der Waals surface area contributed by atoms with Crippen molar-refractivity contribution in [3.63, 3.8) is 0 Å². The monoisotopic (exact) mass is 249 g/mol. The second kappa shape index (κ2) is 6.36.